The fourth-order valence-electron chi connectivity index (χ4n) is 2.90. The Morgan fingerprint density at radius 2 is 1.92 bits per heavy atom. The molecule has 25 heavy (non-hydrogen) atoms. The molecule has 3 heterocycles. The Kier molecular flexibility index (Phi) is 5.06. The number of benzene rings is 1. The van der Waals surface area contributed by atoms with Crippen molar-refractivity contribution in [1.82, 2.24) is 14.8 Å². The molecule has 2 aromatic heterocycles. The van der Waals surface area contributed by atoms with Gasteiger partial charge in [0, 0.05) is 28.4 Å². The van der Waals surface area contributed by atoms with Crippen molar-refractivity contribution in [2.24, 2.45) is 0 Å². The van der Waals surface area contributed by atoms with Crippen molar-refractivity contribution in [3.63, 3.8) is 0 Å². The molecule has 0 aliphatic carbocycles. The maximum Gasteiger partial charge on any atom is 0.343 e. The molecule has 0 bridgehead atoms. The van der Waals surface area contributed by atoms with Crippen molar-refractivity contribution in [2.75, 3.05) is 11.4 Å². The average Bonchev–Trinajstić information content (AvgIpc) is 3.31. The van der Waals surface area contributed by atoms with Crippen molar-refractivity contribution in [2.45, 2.75) is 19.4 Å². The van der Waals surface area contributed by atoms with E-state index in [0.29, 0.717) is 13.0 Å². The second-order valence-corrected chi connectivity index (χ2v) is 6.92. The van der Waals surface area contributed by atoms with Crippen LogP contribution in [-0.4, -0.2) is 27.2 Å². The third-order valence-electron chi connectivity index (χ3n) is 4.14. The van der Waals surface area contributed by atoms with Crippen LogP contribution >= 0.6 is 23.7 Å². The molecular formula is C17H17ClN4O2S. The first-order chi connectivity index (χ1) is 11.7. The van der Waals surface area contributed by atoms with E-state index < -0.39 is 0 Å². The van der Waals surface area contributed by atoms with Gasteiger partial charge in [0.1, 0.15) is 6.33 Å². The highest BCUT2D eigenvalue weighted by Crippen LogP contribution is 2.30. The van der Waals surface area contributed by atoms with Gasteiger partial charge in [0.15, 0.2) is 0 Å². The molecule has 1 aromatic carbocycles. The molecule has 1 aliphatic heterocycles. The zero-order valence-electron chi connectivity index (χ0n) is 13.3. The summed E-state index contributed by atoms with van der Waals surface area (Å²) in [5.74, 6) is 0.201. The summed E-state index contributed by atoms with van der Waals surface area (Å²) in [5, 5.41) is 6.13. The van der Waals surface area contributed by atoms with Crippen LogP contribution in [0.5, 0.6) is 0 Å². The predicted octanol–water partition coefficient (Wildman–Crippen LogP) is 2.90. The number of carbonyl (C=O) groups is 1. The third kappa shape index (κ3) is 3.52. The van der Waals surface area contributed by atoms with Gasteiger partial charge in [-0.2, -0.15) is 5.10 Å². The number of anilines is 1. The van der Waals surface area contributed by atoms with E-state index in [0.717, 1.165) is 34.0 Å². The summed E-state index contributed by atoms with van der Waals surface area (Å²) in [6, 6.07) is 12.2. The average molecular weight is 377 g/mol. The number of hydrogen-bond donors (Lipinski definition) is 1. The van der Waals surface area contributed by atoms with Crippen molar-refractivity contribution in [3.05, 3.63) is 58.1 Å². The molecule has 1 amide bonds. The van der Waals surface area contributed by atoms with Crippen LogP contribution in [0.25, 0.3) is 10.4 Å². The van der Waals surface area contributed by atoms with E-state index in [-0.39, 0.29) is 24.0 Å². The SMILES string of the molecule is Cl.O=C1CCCN1c1ccc(-c2ccc(Cn3cn[nH]c3=O)s2)cc1. The lowest BCUT2D eigenvalue weighted by atomic mass is 10.1. The summed E-state index contributed by atoms with van der Waals surface area (Å²) in [4.78, 5) is 27.4. The van der Waals surface area contributed by atoms with Crippen LogP contribution in [-0.2, 0) is 11.3 Å². The van der Waals surface area contributed by atoms with E-state index in [1.54, 1.807) is 11.3 Å². The van der Waals surface area contributed by atoms with Crippen LogP contribution in [0, 0.1) is 0 Å². The number of aromatic nitrogens is 3. The van der Waals surface area contributed by atoms with Crippen LogP contribution in [0.1, 0.15) is 17.7 Å². The number of amides is 1. The van der Waals surface area contributed by atoms with E-state index >= 15 is 0 Å². The summed E-state index contributed by atoms with van der Waals surface area (Å²) in [6.45, 7) is 1.32. The van der Waals surface area contributed by atoms with E-state index in [2.05, 4.69) is 16.3 Å². The van der Waals surface area contributed by atoms with Gasteiger partial charge < -0.3 is 4.90 Å². The second kappa shape index (κ2) is 7.25. The predicted molar refractivity (Wildman–Crippen MR) is 101 cm³/mol. The number of halogens is 1. The van der Waals surface area contributed by atoms with E-state index in [1.165, 1.54) is 10.9 Å². The number of rotatable bonds is 4. The molecule has 3 aromatic rings. The van der Waals surface area contributed by atoms with Gasteiger partial charge >= 0.3 is 5.69 Å². The van der Waals surface area contributed by atoms with Gasteiger partial charge in [0.05, 0.1) is 6.54 Å². The highest BCUT2D eigenvalue weighted by atomic mass is 35.5. The zero-order chi connectivity index (χ0) is 16.5. The van der Waals surface area contributed by atoms with Gasteiger partial charge in [-0.05, 0) is 36.2 Å². The molecule has 4 rings (SSSR count). The van der Waals surface area contributed by atoms with Crippen LogP contribution < -0.4 is 10.6 Å². The lowest BCUT2D eigenvalue weighted by molar-refractivity contribution is -0.117. The zero-order valence-corrected chi connectivity index (χ0v) is 15.0. The van der Waals surface area contributed by atoms with Crippen molar-refractivity contribution in [3.8, 4) is 10.4 Å². The first-order valence-corrected chi connectivity index (χ1v) is 8.62. The minimum absolute atomic E-state index is 0. The van der Waals surface area contributed by atoms with Gasteiger partial charge in [-0.25, -0.2) is 9.89 Å². The molecule has 130 valence electrons. The number of nitrogens with zero attached hydrogens (tertiary/aromatic N) is 3. The molecular weight excluding hydrogens is 360 g/mol. The summed E-state index contributed by atoms with van der Waals surface area (Å²) in [6.07, 6.45) is 3.08. The molecule has 1 aliphatic rings. The fraction of sp³-hybridized carbons (Fsp3) is 0.235. The third-order valence-corrected chi connectivity index (χ3v) is 5.26. The molecule has 0 unspecified atom stereocenters. The minimum atomic E-state index is -0.204. The number of hydrogen-bond acceptors (Lipinski definition) is 4. The summed E-state index contributed by atoms with van der Waals surface area (Å²) in [5.41, 5.74) is 1.87. The Morgan fingerprint density at radius 1 is 1.12 bits per heavy atom. The standard InChI is InChI=1S/C17H16N4O2S.ClH/c22-16-2-1-9-21(16)13-5-3-12(4-6-13)15-8-7-14(24-15)10-20-11-18-19-17(20)23;/h3-8,11H,1-2,9-10H2,(H,19,23);1H. The molecule has 1 fully saturated rings. The van der Waals surface area contributed by atoms with Gasteiger partial charge in [-0.3, -0.25) is 9.36 Å². The van der Waals surface area contributed by atoms with Crippen LogP contribution in [0.3, 0.4) is 0 Å². The topological polar surface area (TPSA) is 71.0 Å². The Balaban J connectivity index is 0.00000182. The van der Waals surface area contributed by atoms with Crippen LogP contribution in [0.2, 0.25) is 0 Å². The normalized spacial score (nSPS) is 13.9. The highest BCUT2D eigenvalue weighted by Gasteiger charge is 2.21. The Hall–Kier alpha value is -2.38. The second-order valence-electron chi connectivity index (χ2n) is 5.75. The van der Waals surface area contributed by atoms with Crippen molar-refractivity contribution >= 4 is 35.3 Å². The smallest absolute Gasteiger partial charge is 0.312 e. The largest absolute Gasteiger partial charge is 0.343 e. The van der Waals surface area contributed by atoms with Crippen LogP contribution in [0.15, 0.2) is 47.5 Å². The van der Waals surface area contributed by atoms with E-state index in [1.807, 2.05) is 35.2 Å². The number of aromatic amines is 1. The Bertz CT molecular complexity index is 929. The van der Waals surface area contributed by atoms with E-state index in [4.69, 9.17) is 0 Å². The molecule has 6 nitrogen and oxygen atoms in total. The first kappa shape index (κ1) is 17.4. The summed E-state index contributed by atoms with van der Waals surface area (Å²) < 4.78 is 1.54. The summed E-state index contributed by atoms with van der Waals surface area (Å²) in [7, 11) is 0. The van der Waals surface area contributed by atoms with Gasteiger partial charge in [0.2, 0.25) is 5.91 Å². The van der Waals surface area contributed by atoms with Crippen molar-refractivity contribution in [1.29, 1.82) is 0 Å². The Morgan fingerprint density at radius 3 is 2.56 bits per heavy atom. The maximum atomic E-state index is 11.8. The van der Waals surface area contributed by atoms with Gasteiger partial charge in [-0.15, -0.1) is 23.7 Å². The molecule has 8 heteroatoms. The highest BCUT2D eigenvalue weighted by molar-refractivity contribution is 7.15. The monoisotopic (exact) mass is 376 g/mol. The molecule has 1 N–H and O–H groups in total. The molecule has 0 radical (unpaired) electrons. The van der Waals surface area contributed by atoms with Gasteiger partial charge in [-0.1, -0.05) is 12.1 Å². The molecule has 0 saturated carbocycles. The molecule has 0 atom stereocenters. The van der Waals surface area contributed by atoms with Crippen molar-refractivity contribution < 1.29 is 4.79 Å². The first-order valence-electron chi connectivity index (χ1n) is 7.80. The van der Waals surface area contributed by atoms with Gasteiger partial charge in [0.25, 0.3) is 0 Å². The lowest BCUT2D eigenvalue weighted by Crippen LogP contribution is -2.23. The number of H-pyrrole nitrogens is 1. The Labute approximate surface area is 154 Å². The maximum absolute atomic E-state index is 11.8. The van der Waals surface area contributed by atoms with E-state index in [9.17, 15) is 9.59 Å². The van der Waals surface area contributed by atoms with Crippen LogP contribution in [0.4, 0.5) is 5.69 Å². The molecule has 0 spiro atoms. The lowest BCUT2D eigenvalue weighted by Gasteiger charge is -2.15. The molecule has 1 saturated heterocycles. The number of thiophene rings is 1. The quantitative estimate of drug-likeness (QED) is 0.761. The number of nitrogens with one attached hydrogen (secondary N) is 1. The minimum Gasteiger partial charge on any atom is -0.312 e. The number of carbonyl (C=O) groups excluding carboxylic acids is 1. The summed E-state index contributed by atoms with van der Waals surface area (Å²) >= 11 is 1.65. The fourth-order valence-corrected chi connectivity index (χ4v) is 3.91.